The Balaban J connectivity index is 1.53. The monoisotopic (exact) mass is 371 g/mol. The van der Waals surface area contributed by atoms with E-state index in [1.807, 2.05) is 4.90 Å². The van der Waals surface area contributed by atoms with Crippen molar-refractivity contribution in [3.8, 4) is 0 Å². The Bertz CT molecular complexity index is 497. The number of nitrogens with zero attached hydrogens (tertiary/aromatic N) is 3. The third-order valence-electron chi connectivity index (χ3n) is 6.82. The standard InChI is InChI=1S/C20H35F2N3O/c1-14(2)16-5-8-23(9-6-16)18-7-10-24(13-20(18,21)22)19(26)17-11-25(12-17)15(3)4/h14-18H,5-13H2,1-4H3/t18-/m1/s1. The normalized spacial score (nSPS) is 29.4. The van der Waals surface area contributed by atoms with Crippen LogP contribution >= 0.6 is 0 Å². The first-order chi connectivity index (χ1) is 12.2. The molecule has 3 heterocycles. The number of hydrogen-bond donors (Lipinski definition) is 0. The molecule has 0 N–H and O–H groups in total. The Labute approximate surface area is 156 Å². The molecule has 1 amide bonds. The molecule has 3 aliphatic rings. The molecule has 150 valence electrons. The van der Waals surface area contributed by atoms with Gasteiger partial charge in [-0.3, -0.25) is 14.6 Å². The van der Waals surface area contributed by atoms with Gasteiger partial charge in [-0.15, -0.1) is 0 Å². The molecule has 0 aromatic rings. The average molecular weight is 372 g/mol. The molecule has 0 spiro atoms. The fourth-order valence-corrected chi connectivity index (χ4v) is 4.81. The van der Waals surface area contributed by atoms with E-state index in [0.29, 0.717) is 43.9 Å². The summed E-state index contributed by atoms with van der Waals surface area (Å²) in [5, 5.41) is 0. The highest BCUT2D eigenvalue weighted by molar-refractivity contribution is 5.80. The molecule has 0 radical (unpaired) electrons. The van der Waals surface area contributed by atoms with Gasteiger partial charge in [0.2, 0.25) is 5.91 Å². The molecule has 6 heteroatoms. The lowest BCUT2D eigenvalue weighted by Crippen LogP contribution is -2.63. The molecule has 3 saturated heterocycles. The SMILES string of the molecule is CC(C)C1CCN([C@@H]2CCN(C(=O)C3CN(C(C)C)C3)CC2(F)F)CC1. The molecule has 0 unspecified atom stereocenters. The summed E-state index contributed by atoms with van der Waals surface area (Å²) in [5.41, 5.74) is 0. The van der Waals surface area contributed by atoms with E-state index in [-0.39, 0.29) is 11.8 Å². The van der Waals surface area contributed by atoms with Crippen LogP contribution in [0, 0.1) is 17.8 Å². The van der Waals surface area contributed by atoms with Crippen LogP contribution in [0.5, 0.6) is 0 Å². The van der Waals surface area contributed by atoms with Crippen molar-refractivity contribution in [1.82, 2.24) is 14.7 Å². The average Bonchev–Trinajstić information content (AvgIpc) is 2.52. The minimum Gasteiger partial charge on any atom is -0.336 e. The highest BCUT2D eigenvalue weighted by Gasteiger charge is 2.50. The maximum absolute atomic E-state index is 14.9. The first-order valence-electron chi connectivity index (χ1n) is 10.3. The van der Waals surface area contributed by atoms with Gasteiger partial charge in [0.1, 0.15) is 0 Å². The van der Waals surface area contributed by atoms with Gasteiger partial charge < -0.3 is 4.90 Å². The zero-order chi connectivity index (χ0) is 19.1. The molecule has 1 atom stereocenters. The summed E-state index contributed by atoms with van der Waals surface area (Å²) < 4.78 is 29.7. The molecular formula is C20H35F2N3O. The summed E-state index contributed by atoms with van der Waals surface area (Å²) in [6.45, 7) is 11.7. The lowest BCUT2D eigenvalue weighted by atomic mass is 9.85. The number of halogens is 2. The third kappa shape index (κ3) is 4.06. The first-order valence-corrected chi connectivity index (χ1v) is 10.3. The van der Waals surface area contributed by atoms with Gasteiger partial charge >= 0.3 is 0 Å². The molecular weight excluding hydrogens is 336 g/mol. The molecule has 3 aliphatic heterocycles. The van der Waals surface area contributed by atoms with Crippen LogP contribution in [-0.4, -0.2) is 77.9 Å². The number of likely N-dealkylation sites (tertiary alicyclic amines) is 3. The quantitative estimate of drug-likeness (QED) is 0.760. The summed E-state index contributed by atoms with van der Waals surface area (Å²) >= 11 is 0. The molecule has 4 nitrogen and oxygen atoms in total. The molecule has 0 bridgehead atoms. The van der Waals surface area contributed by atoms with Crippen molar-refractivity contribution < 1.29 is 13.6 Å². The van der Waals surface area contributed by atoms with Crippen LogP contribution in [0.25, 0.3) is 0 Å². The molecule has 0 aromatic carbocycles. The van der Waals surface area contributed by atoms with Gasteiger partial charge in [-0.1, -0.05) is 13.8 Å². The predicted molar refractivity (Wildman–Crippen MR) is 99.3 cm³/mol. The Morgan fingerprint density at radius 2 is 1.62 bits per heavy atom. The van der Waals surface area contributed by atoms with Crippen molar-refractivity contribution in [2.24, 2.45) is 17.8 Å². The van der Waals surface area contributed by atoms with Crippen molar-refractivity contribution in [3.05, 3.63) is 0 Å². The molecule has 0 aromatic heterocycles. The van der Waals surface area contributed by atoms with Crippen molar-refractivity contribution in [1.29, 1.82) is 0 Å². The molecule has 26 heavy (non-hydrogen) atoms. The molecule has 3 fully saturated rings. The minimum atomic E-state index is -2.81. The lowest BCUT2D eigenvalue weighted by molar-refractivity contribution is -0.164. The fraction of sp³-hybridized carbons (Fsp3) is 0.950. The second-order valence-corrected chi connectivity index (χ2v) is 9.19. The van der Waals surface area contributed by atoms with Gasteiger partial charge in [0.15, 0.2) is 0 Å². The maximum Gasteiger partial charge on any atom is 0.280 e. The topological polar surface area (TPSA) is 26.8 Å². The summed E-state index contributed by atoms with van der Waals surface area (Å²) in [6, 6.07) is -0.284. The number of rotatable bonds is 4. The molecule has 0 aliphatic carbocycles. The second kappa shape index (κ2) is 7.70. The van der Waals surface area contributed by atoms with Crippen LogP contribution in [0.4, 0.5) is 8.78 Å². The number of alkyl halides is 2. The Kier molecular flexibility index (Phi) is 5.92. The smallest absolute Gasteiger partial charge is 0.280 e. The molecule has 0 saturated carbocycles. The van der Waals surface area contributed by atoms with Gasteiger partial charge in [0, 0.05) is 25.7 Å². The summed E-state index contributed by atoms with van der Waals surface area (Å²) in [5.74, 6) is -1.68. The largest absolute Gasteiger partial charge is 0.336 e. The van der Waals surface area contributed by atoms with E-state index in [2.05, 4.69) is 32.6 Å². The minimum absolute atomic E-state index is 0.0708. The fourth-order valence-electron chi connectivity index (χ4n) is 4.81. The van der Waals surface area contributed by atoms with E-state index < -0.39 is 18.5 Å². The van der Waals surface area contributed by atoms with Crippen molar-refractivity contribution >= 4 is 5.91 Å². The van der Waals surface area contributed by atoms with Crippen LogP contribution in [0.3, 0.4) is 0 Å². The Morgan fingerprint density at radius 1 is 1.00 bits per heavy atom. The van der Waals surface area contributed by atoms with Crippen molar-refractivity contribution in [2.45, 2.75) is 65.0 Å². The number of hydrogen-bond acceptors (Lipinski definition) is 3. The van der Waals surface area contributed by atoms with E-state index in [0.717, 1.165) is 25.9 Å². The first kappa shape index (κ1) is 20.0. The second-order valence-electron chi connectivity index (χ2n) is 9.19. The van der Waals surface area contributed by atoms with Gasteiger partial charge in [0.05, 0.1) is 18.5 Å². The van der Waals surface area contributed by atoms with Gasteiger partial charge in [0.25, 0.3) is 5.92 Å². The van der Waals surface area contributed by atoms with E-state index in [1.54, 1.807) is 0 Å². The number of piperidine rings is 2. The Morgan fingerprint density at radius 3 is 2.12 bits per heavy atom. The summed E-state index contributed by atoms with van der Waals surface area (Å²) in [4.78, 5) is 18.2. The highest BCUT2D eigenvalue weighted by atomic mass is 19.3. The maximum atomic E-state index is 14.9. The zero-order valence-corrected chi connectivity index (χ0v) is 16.8. The summed E-state index contributed by atoms with van der Waals surface area (Å²) in [7, 11) is 0. The van der Waals surface area contributed by atoms with Crippen LogP contribution in [0.2, 0.25) is 0 Å². The van der Waals surface area contributed by atoms with Gasteiger partial charge in [-0.25, -0.2) is 8.78 Å². The van der Waals surface area contributed by atoms with Crippen LogP contribution in [-0.2, 0) is 4.79 Å². The highest BCUT2D eigenvalue weighted by Crippen LogP contribution is 2.36. The van der Waals surface area contributed by atoms with E-state index >= 15 is 0 Å². The van der Waals surface area contributed by atoms with Crippen LogP contribution < -0.4 is 0 Å². The Hall–Kier alpha value is -0.750. The lowest BCUT2D eigenvalue weighted by Gasteiger charge is -2.48. The third-order valence-corrected chi connectivity index (χ3v) is 6.82. The number of amides is 1. The van der Waals surface area contributed by atoms with Crippen LogP contribution in [0.15, 0.2) is 0 Å². The molecule has 3 rings (SSSR count). The van der Waals surface area contributed by atoms with E-state index in [9.17, 15) is 13.6 Å². The predicted octanol–water partition coefficient (Wildman–Crippen LogP) is 2.93. The number of carbonyl (C=O) groups excluding carboxylic acids is 1. The number of carbonyl (C=O) groups is 1. The summed E-state index contributed by atoms with van der Waals surface area (Å²) in [6.07, 6.45) is 2.42. The van der Waals surface area contributed by atoms with Gasteiger partial charge in [-0.05, 0) is 58.0 Å². The van der Waals surface area contributed by atoms with Crippen molar-refractivity contribution in [3.63, 3.8) is 0 Å². The van der Waals surface area contributed by atoms with Crippen molar-refractivity contribution in [2.75, 3.05) is 39.3 Å². The van der Waals surface area contributed by atoms with Gasteiger partial charge in [-0.2, -0.15) is 0 Å². The van der Waals surface area contributed by atoms with E-state index in [4.69, 9.17) is 0 Å². The van der Waals surface area contributed by atoms with E-state index in [1.165, 1.54) is 4.90 Å². The van der Waals surface area contributed by atoms with Crippen LogP contribution in [0.1, 0.15) is 47.0 Å². The zero-order valence-electron chi connectivity index (χ0n) is 16.8.